The van der Waals surface area contributed by atoms with Gasteiger partial charge in [0.05, 0.1) is 5.69 Å². The van der Waals surface area contributed by atoms with Crippen LogP contribution in [0.5, 0.6) is 0 Å². The lowest BCUT2D eigenvalue weighted by atomic mass is 9.97. The summed E-state index contributed by atoms with van der Waals surface area (Å²) in [5.41, 5.74) is 7.22. The lowest BCUT2D eigenvalue weighted by Gasteiger charge is -2.22. The summed E-state index contributed by atoms with van der Waals surface area (Å²) in [5, 5.41) is 3.57. The number of benzene rings is 1. The minimum atomic E-state index is -0.344. The third-order valence-electron chi connectivity index (χ3n) is 3.40. The highest BCUT2D eigenvalue weighted by molar-refractivity contribution is 7.15. The number of aryl methyl sites for hydroxylation is 1. The number of carbonyl (C=O) groups is 1. The van der Waals surface area contributed by atoms with E-state index in [4.69, 9.17) is 5.73 Å². The summed E-state index contributed by atoms with van der Waals surface area (Å²) in [6.07, 6.45) is 2.44. The van der Waals surface area contributed by atoms with E-state index in [-0.39, 0.29) is 17.8 Å². The molecule has 1 aliphatic rings. The van der Waals surface area contributed by atoms with Crippen LogP contribution in [-0.4, -0.2) is 16.9 Å². The van der Waals surface area contributed by atoms with Crippen LogP contribution in [-0.2, 0) is 12.8 Å². The lowest BCUT2D eigenvalue weighted by molar-refractivity contribution is 0.0933. The normalized spacial score (nSPS) is 17.6. The predicted molar refractivity (Wildman–Crippen MR) is 76.2 cm³/mol. The summed E-state index contributed by atoms with van der Waals surface area (Å²) in [7, 11) is 0. The second-order valence-corrected chi connectivity index (χ2v) is 5.96. The summed E-state index contributed by atoms with van der Waals surface area (Å²) in [6.45, 7) is 0. The molecule has 0 radical (unpaired) electrons. The van der Waals surface area contributed by atoms with Gasteiger partial charge in [0, 0.05) is 22.9 Å². The summed E-state index contributed by atoms with van der Waals surface area (Å²) in [4.78, 5) is 17.5. The Hall–Kier alpha value is -1.95. The smallest absolute Gasteiger partial charge is 0.251 e. The Bertz CT molecular complexity index is 638. The number of nitrogens with one attached hydrogen (secondary N) is 1. The van der Waals surface area contributed by atoms with E-state index in [9.17, 15) is 9.18 Å². The molecule has 1 aromatic carbocycles. The van der Waals surface area contributed by atoms with Crippen molar-refractivity contribution < 1.29 is 9.18 Å². The molecule has 1 aromatic heterocycles. The van der Waals surface area contributed by atoms with Crippen molar-refractivity contribution in [3.63, 3.8) is 0 Å². The number of halogens is 1. The number of nitrogens with two attached hydrogens (primary N) is 1. The quantitative estimate of drug-likeness (QED) is 0.891. The van der Waals surface area contributed by atoms with Crippen molar-refractivity contribution >= 4 is 22.4 Å². The number of nitrogen functional groups attached to an aromatic ring is 1. The van der Waals surface area contributed by atoms with Gasteiger partial charge < -0.3 is 11.1 Å². The standard InChI is InChI=1S/C14H14FN3OS/c15-9-3-1-8(2-4-9)13(19)17-10-5-6-11-12(7-10)20-14(16)18-11/h1-4,10H,5-7H2,(H2,16,18)(H,17,19). The highest BCUT2D eigenvalue weighted by Gasteiger charge is 2.23. The first-order chi connectivity index (χ1) is 9.61. The highest BCUT2D eigenvalue weighted by Crippen LogP contribution is 2.28. The number of thiazole rings is 1. The Morgan fingerprint density at radius 2 is 2.15 bits per heavy atom. The van der Waals surface area contributed by atoms with Crippen LogP contribution in [0.25, 0.3) is 0 Å². The zero-order valence-corrected chi connectivity index (χ0v) is 11.5. The Balaban J connectivity index is 1.67. The average Bonchev–Trinajstić information content (AvgIpc) is 2.78. The van der Waals surface area contributed by atoms with Crippen LogP contribution < -0.4 is 11.1 Å². The van der Waals surface area contributed by atoms with E-state index in [2.05, 4.69) is 10.3 Å². The van der Waals surface area contributed by atoms with Crippen molar-refractivity contribution in [2.45, 2.75) is 25.3 Å². The second kappa shape index (κ2) is 5.20. The van der Waals surface area contributed by atoms with Gasteiger partial charge in [-0.2, -0.15) is 0 Å². The fourth-order valence-electron chi connectivity index (χ4n) is 2.39. The molecule has 0 aliphatic heterocycles. The molecule has 1 heterocycles. The molecule has 0 saturated carbocycles. The molecule has 2 aromatic rings. The Kier molecular flexibility index (Phi) is 3.40. The van der Waals surface area contributed by atoms with Gasteiger partial charge in [-0.05, 0) is 37.1 Å². The fraction of sp³-hybridized carbons (Fsp3) is 0.286. The molecule has 4 nitrogen and oxygen atoms in total. The number of anilines is 1. The van der Waals surface area contributed by atoms with Gasteiger partial charge in [0.25, 0.3) is 5.91 Å². The molecule has 1 aliphatic carbocycles. The number of rotatable bonds is 2. The van der Waals surface area contributed by atoms with Crippen LogP contribution in [0, 0.1) is 5.82 Å². The molecule has 0 saturated heterocycles. The van der Waals surface area contributed by atoms with Gasteiger partial charge in [0.2, 0.25) is 0 Å². The summed E-state index contributed by atoms with van der Waals surface area (Å²) < 4.78 is 12.8. The number of amides is 1. The van der Waals surface area contributed by atoms with Gasteiger partial charge in [-0.15, -0.1) is 11.3 Å². The van der Waals surface area contributed by atoms with Crippen molar-refractivity contribution in [1.82, 2.24) is 10.3 Å². The zero-order valence-electron chi connectivity index (χ0n) is 10.7. The van der Waals surface area contributed by atoms with E-state index < -0.39 is 0 Å². The number of hydrogen-bond acceptors (Lipinski definition) is 4. The zero-order chi connectivity index (χ0) is 14.1. The maximum atomic E-state index is 12.8. The summed E-state index contributed by atoms with van der Waals surface area (Å²) in [6, 6.07) is 5.64. The van der Waals surface area contributed by atoms with Crippen LogP contribution in [0.4, 0.5) is 9.52 Å². The molecule has 1 atom stereocenters. The van der Waals surface area contributed by atoms with Gasteiger partial charge in [-0.1, -0.05) is 0 Å². The van der Waals surface area contributed by atoms with E-state index in [1.54, 1.807) is 0 Å². The Labute approximate surface area is 119 Å². The number of fused-ring (bicyclic) bond motifs is 1. The Morgan fingerprint density at radius 3 is 2.90 bits per heavy atom. The van der Waals surface area contributed by atoms with Crippen LogP contribution in [0.2, 0.25) is 0 Å². The van der Waals surface area contributed by atoms with E-state index >= 15 is 0 Å². The van der Waals surface area contributed by atoms with Gasteiger partial charge in [-0.25, -0.2) is 9.37 Å². The summed E-state index contributed by atoms with van der Waals surface area (Å²) >= 11 is 1.48. The van der Waals surface area contributed by atoms with Crippen molar-refractivity contribution in [2.75, 3.05) is 5.73 Å². The number of carbonyl (C=O) groups excluding carboxylic acids is 1. The molecule has 20 heavy (non-hydrogen) atoms. The third kappa shape index (κ3) is 2.65. The highest BCUT2D eigenvalue weighted by atomic mass is 32.1. The van der Waals surface area contributed by atoms with E-state index in [0.717, 1.165) is 29.8 Å². The van der Waals surface area contributed by atoms with Crippen LogP contribution in [0.1, 0.15) is 27.3 Å². The second-order valence-electron chi connectivity index (χ2n) is 4.84. The van der Waals surface area contributed by atoms with E-state index in [0.29, 0.717) is 10.7 Å². The summed E-state index contributed by atoms with van der Waals surface area (Å²) in [5.74, 6) is -0.514. The minimum absolute atomic E-state index is 0.0832. The first-order valence-electron chi connectivity index (χ1n) is 6.42. The minimum Gasteiger partial charge on any atom is -0.375 e. The monoisotopic (exact) mass is 291 g/mol. The maximum Gasteiger partial charge on any atom is 0.251 e. The average molecular weight is 291 g/mol. The van der Waals surface area contributed by atoms with Gasteiger partial charge >= 0.3 is 0 Å². The molecule has 0 fully saturated rings. The molecular weight excluding hydrogens is 277 g/mol. The van der Waals surface area contributed by atoms with Crippen molar-refractivity contribution in [2.24, 2.45) is 0 Å². The number of hydrogen-bond donors (Lipinski definition) is 2. The van der Waals surface area contributed by atoms with Gasteiger partial charge in [0.15, 0.2) is 5.13 Å². The van der Waals surface area contributed by atoms with Crippen molar-refractivity contribution in [3.05, 3.63) is 46.2 Å². The molecule has 1 amide bonds. The molecule has 3 N–H and O–H groups in total. The van der Waals surface area contributed by atoms with Gasteiger partial charge in [-0.3, -0.25) is 4.79 Å². The predicted octanol–water partition coefficient (Wildman–Crippen LogP) is 2.15. The number of nitrogens with zero attached hydrogens (tertiary/aromatic N) is 1. The first kappa shape index (κ1) is 13.1. The lowest BCUT2D eigenvalue weighted by Crippen LogP contribution is -2.38. The van der Waals surface area contributed by atoms with Gasteiger partial charge in [0.1, 0.15) is 5.82 Å². The van der Waals surface area contributed by atoms with E-state index in [1.165, 1.54) is 35.6 Å². The first-order valence-corrected chi connectivity index (χ1v) is 7.24. The van der Waals surface area contributed by atoms with Crippen LogP contribution >= 0.6 is 11.3 Å². The van der Waals surface area contributed by atoms with Crippen molar-refractivity contribution in [3.8, 4) is 0 Å². The topological polar surface area (TPSA) is 68.0 Å². The van der Waals surface area contributed by atoms with Crippen molar-refractivity contribution in [1.29, 1.82) is 0 Å². The van der Waals surface area contributed by atoms with Crippen LogP contribution in [0.3, 0.4) is 0 Å². The molecule has 0 bridgehead atoms. The molecule has 104 valence electrons. The molecule has 6 heteroatoms. The van der Waals surface area contributed by atoms with Crippen LogP contribution in [0.15, 0.2) is 24.3 Å². The maximum absolute atomic E-state index is 12.8. The molecule has 1 unspecified atom stereocenters. The SMILES string of the molecule is Nc1nc2c(s1)CC(NC(=O)c1ccc(F)cc1)CC2. The Morgan fingerprint density at radius 1 is 1.40 bits per heavy atom. The van der Waals surface area contributed by atoms with E-state index in [1.807, 2.05) is 0 Å². The molecule has 3 rings (SSSR count). The molecular formula is C14H14FN3OS. The largest absolute Gasteiger partial charge is 0.375 e. The third-order valence-corrected chi connectivity index (χ3v) is 4.35. The number of aromatic nitrogens is 1. The fourth-order valence-corrected chi connectivity index (χ4v) is 3.35. The molecule has 0 spiro atoms.